The number of rotatable bonds is 10. The Morgan fingerprint density at radius 3 is 2.50 bits per heavy atom. The standard InChI is InChI=1S/C23H41N5O.HI/c1-6-24-23(26-17-22(19(3)4)28-11-13-29-14-12-28)25-16-20-9-8-10-21(15-20)18-27(5)7-2;/h8-10,15,19,22H,6-7,11-14,16-18H2,1-5H3,(H2,24,25,26);1H. The number of nitrogens with one attached hydrogen (secondary N) is 2. The van der Waals surface area contributed by atoms with Gasteiger partial charge < -0.3 is 20.3 Å². The number of hydrogen-bond acceptors (Lipinski definition) is 4. The number of guanidine groups is 1. The van der Waals surface area contributed by atoms with E-state index in [1.165, 1.54) is 11.1 Å². The Bertz CT molecular complexity index is 619. The van der Waals surface area contributed by atoms with E-state index in [1.807, 2.05) is 0 Å². The minimum atomic E-state index is 0. The molecule has 0 aliphatic carbocycles. The molecule has 1 aromatic carbocycles. The van der Waals surface area contributed by atoms with Gasteiger partial charge in [0, 0.05) is 38.8 Å². The van der Waals surface area contributed by atoms with E-state index < -0.39 is 0 Å². The molecule has 0 radical (unpaired) electrons. The molecule has 172 valence electrons. The normalized spacial score (nSPS) is 16.4. The van der Waals surface area contributed by atoms with Crippen LogP contribution in [0.5, 0.6) is 0 Å². The van der Waals surface area contributed by atoms with Crippen LogP contribution < -0.4 is 10.6 Å². The zero-order valence-corrected chi connectivity index (χ0v) is 21.8. The predicted octanol–water partition coefficient (Wildman–Crippen LogP) is 3.17. The molecule has 1 aliphatic heterocycles. The topological polar surface area (TPSA) is 52.1 Å². The average Bonchev–Trinajstić information content (AvgIpc) is 2.72. The van der Waals surface area contributed by atoms with Gasteiger partial charge in [0.25, 0.3) is 0 Å². The van der Waals surface area contributed by atoms with Crippen LogP contribution in [-0.4, -0.2) is 74.8 Å². The van der Waals surface area contributed by atoms with Crippen molar-refractivity contribution in [1.29, 1.82) is 0 Å². The third kappa shape index (κ3) is 9.49. The predicted molar refractivity (Wildman–Crippen MR) is 138 cm³/mol. The van der Waals surface area contributed by atoms with Crippen LogP contribution in [0.2, 0.25) is 0 Å². The van der Waals surface area contributed by atoms with Crippen molar-refractivity contribution in [3.05, 3.63) is 35.4 Å². The highest BCUT2D eigenvalue weighted by atomic mass is 127. The van der Waals surface area contributed by atoms with Crippen molar-refractivity contribution in [2.24, 2.45) is 10.9 Å². The Morgan fingerprint density at radius 2 is 1.87 bits per heavy atom. The monoisotopic (exact) mass is 531 g/mol. The molecule has 1 saturated heterocycles. The zero-order chi connectivity index (χ0) is 21.1. The van der Waals surface area contributed by atoms with Gasteiger partial charge in [-0.1, -0.05) is 45.0 Å². The number of hydrogen-bond donors (Lipinski definition) is 2. The van der Waals surface area contributed by atoms with Crippen molar-refractivity contribution >= 4 is 29.9 Å². The van der Waals surface area contributed by atoms with E-state index in [0.29, 0.717) is 18.5 Å². The van der Waals surface area contributed by atoms with Gasteiger partial charge in [0.2, 0.25) is 0 Å². The number of morpholine rings is 1. The summed E-state index contributed by atoms with van der Waals surface area (Å²) in [7, 11) is 2.15. The van der Waals surface area contributed by atoms with Crippen molar-refractivity contribution in [1.82, 2.24) is 20.4 Å². The van der Waals surface area contributed by atoms with Gasteiger partial charge in [-0.25, -0.2) is 4.99 Å². The van der Waals surface area contributed by atoms with Gasteiger partial charge in [-0.2, -0.15) is 0 Å². The summed E-state index contributed by atoms with van der Waals surface area (Å²) in [6.45, 7) is 17.0. The molecule has 0 saturated carbocycles. The van der Waals surface area contributed by atoms with Crippen molar-refractivity contribution in [2.75, 3.05) is 53.0 Å². The molecule has 2 N–H and O–H groups in total. The summed E-state index contributed by atoms with van der Waals surface area (Å²) >= 11 is 0. The molecule has 1 unspecified atom stereocenters. The molecule has 1 heterocycles. The molecule has 1 atom stereocenters. The summed E-state index contributed by atoms with van der Waals surface area (Å²) in [5.41, 5.74) is 2.59. The number of aliphatic imine (C=N–C) groups is 1. The van der Waals surface area contributed by atoms with E-state index in [4.69, 9.17) is 9.73 Å². The lowest BCUT2D eigenvalue weighted by Crippen LogP contribution is -2.52. The Balaban J connectivity index is 0.00000450. The molecule has 7 heteroatoms. The number of ether oxygens (including phenoxy) is 1. The van der Waals surface area contributed by atoms with E-state index in [9.17, 15) is 0 Å². The first kappa shape index (κ1) is 27.1. The van der Waals surface area contributed by atoms with Crippen molar-refractivity contribution < 1.29 is 4.74 Å². The van der Waals surface area contributed by atoms with Gasteiger partial charge in [-0.3, -0.25) is 4.90 Å². The number of halogens is 1. The Labute approximate surface area is 200 Å². The maximum absolute atomic E-state index is 5.52. The van der Waals surface area contributed by atoms with Crippen molar-refractivity contribution in [3.8, 4) is 0 Å². The summed E-state index contributed by atoms with van der Waals surface area (Å²) in [4.78, 5) is 9.69. The molecule has 0 aromatic heterocycles. The molecule has 0 spiro atoms. The quantitative estimate of drug-likeness (QED) is 0.276. The third-order valence-corrected chi connectivity index (χ3v) is 5.51. The second kappa shape index (κ2) is 15.0. The highest BCUT2D eigenvalue weighted by molar-refractivity contribution is 14.0. The first-order valence-electron chi connectivity index (χ1n) is 11.1. The van der Waals surface area contributed by atoms with E-state index in [1.54, 1.807) is 0 Å². The average molecular weight is 532 g/mol. The summed E-state index contributed by atoms with van der Waals surface area (Å²) in [6, 6.07) is 9.24. The second-order valence-electron chi connectivity index (χ2n) is 8.19. The summed E-state index contributed by atoms with van der Waals surface area (Å²) < 4.78 is 5.52. The lowest BCUT2D eigenvalue weighted by Gasteiger charge is -2.37. The van der Waals surface area contributed by atoms with Gasteiger partial charge in [-0.05, 0) is 37.6 Å². The van der Waals surface area contributed by atoms with Gasteiger partial charge in [-0.15, -0.1) is 24.0 Å². The summed E-state index contributed by atoms with van der Waals surface area (Å²) in [6.07, 6.45) is 0. The largest absolute Gasteiger partial charge is 0.379 e. The van der Waals surface area contributed by atoms with Crippen LogP contribution in [0, 0.1) is 5.92 Å². The van der Waals surface area contributed by atoms with Crippen LogP contribution in [-0.2, 0) is 17.8 Å². The Kier molecular flexibility index (Phi) is 13.6. The Hall–Kier alpha value is -0.900. The maximum Gasteiger partial charge on any atom is 0.191 e. The van der Waals surface area contributed by atoms with Gasteiger partial charge in [0.1, 0.15) is 0 Å². The van der Waals surface area contributed by atoms with E-state index in [-0.39, 0.29) is 24.0 Å². The van der Waals surface area contributed by atoms with E-state index in [0.717, 1.165) is 58.4 Å². The van der Waals surface area contributed by atoms with Crippen molar-refractivity contribution in [2.45, 2.75) is 46.8 Å². The molecule has 30 heavy (non-hydrogen) atoms. The maximum atomic E-state index is 5.52. The molecular weight excluding hydrogens is 489 g/mol. The summed E-state index contributed by atoms with van der Waals surface area (Å²) in [5.74, 6) is 1.47. The number of benzene rings is 1. The van der Waals surface area contributed by atoms with E-state index in [2.05, 4.69) is 79.4 Å². The molecule has 6 nitrogen and oxygen atoms in total. The third-order valence-electron chi connectivity index (χ3n) is 5.51. The second-order valence-corrected chi connectivity index (χ2v) is 8.19. The van der Waals surface area contributed by atoms with Crippen LogP contribution in [0.25, 0.3) is 0 Å². The van der Waals surface area contributed by atoms with Crippen LogP contribution in [0.3, 0.4) is 0 Å². The van der Waals surface area contributed by atoms with Gasteiger partial charge in [0.15, 0.2) is 5.96 Å². The lowest BCUT2D eigenvalue weighted by atomic mass is 10.0. The van der Waals surface area contributed by atoms with Crippen LogP contribution in [0.4, 0.5) is 0 Å². The molecule has 1 fully saturated rings. The van der Waals surface area contributed by atoms with Gasteiger partial charge in [0.05, 0.1) is 19.8 Å². The molecule has 0 bridgehead atoms. The summed E-state index contributed by atoms with van der Waals surface area (Å²) in [5, 5.41) is 6.97. The molecule has 2 rings (SSSR count). The SMILES string of the molecule is CCNC(=NCc1cccc(CN(C)CC)c1)NCC(C(C)C)N1CCOCC1.I. The van der Waals surface area contributed by atoms with E-state index >= 15 is 0 Å². The van der Waals surface area contributed by atoms with Crippen molar-refractivity contribution in [3.63, 3.8) is 0 Å². The molecule has 1 aromatic rings. The van der Waals surface area contributed by atoms with Gasteiger partial charge >= 0.3 is 0 Å². The first-order valence-corrected chi connectivity index (χ1v) is 11.1. The number of nitrogens with zero attached hydrogens (tertiary/aromatic N) is 3. The fourth-order valence-corrected chi connectivity index (χ4v) is 3.66. The van der Waals surface area contributed by atoms with Crippen LogP contribution in [0.15, 0.2) is 29.3 Å². The highest BCUT2D eigenvalue weighted by Gasteiger charge is 2.23. The zero-order valence-electron chi connectivity index (χ0n) is 19.5. The minimum Gasteiger partial charge on any atom is -0.379 e. The highest BCUT2D eigenvalue weighted by Crippen LogP contribution is 2.12. The fourth-order valence-electron chi connectivity index (χ4n) is 3.66. The molecule has 0 amide bonds. The van der Waals surface area contributed by atoms with Crippen LogP contribution in [0.1, 0.15) is 38.8 Å². The minimum absolute atomic E-state index is 0. The molecular formula is C23H42IN5O. The Morgan fingerprint density at radius 1 is 1.17 bits per heavy atom. The smallest absolute Gasteiger partial charge is 0.191 e. The van der Waals surface area contributed by atoms with Crippen LogP contribution >= 0.6 is 24.0 Å². The molecule has 1 aliphatic rings. The lowest BCUT2D eigenvalue weighted by molar-refractivity contribution is 0.00752. The fraction of sp³-hybridized carbons (Fsp3) is 0.696. The first-order chi connectivity index (χ1) is 14.0.